The van der Waals surface area contributed by atoms with E-state index in [1.807, 2.05) is 19.1 Å². The van der Waals surface area contributed by atoms with Gasteiger partial charge < -0.3 is 19.5 Å². The molecule has 0 spiro atoms. The monoisotopic (exact) mass is 599 g/mol. The molecule has 1 aliphatic heterocycles. The minimum Gasteiger partial charge on any atom is -0.485 e. The first kappa shape index (κ1) is 31.6. The molecule has 2 unspecified atom stereocenters. The van der Waals surface area contributed by atoms with E-state index in [0.717, 1.165) is 18.4 Å². The number of fused-ring (bicyclic) bond motifs is 1. The number of hydrogen-bond donors (Lipinski definition) is 1. The number of nitrogens with one attached hydrogen (secondary N) is 1. The molecule has 0 saturated heterocycles. The second kappa shape index (κ2) is 12.5. The van der Waals surface area contributed by atoms with Gasteiger partial charge in [-0.05, 0) is 79.9 Å². The fraction of sp³-hybridized carbons (Fsp3) is 0.419. The molecule has 0 amide bonds. The van der Waals surface area contributed by atoms with E-state index in [1.165, 1.54) is 12.1 Å². The van der Waals surface area contributed by atoms with Crippen molar-refractivity contribution in [1.29, 1.82) is 0 Å². The molecule has 0 aliphatic carbocycles. The molecule has 4 nitrogen and oxygen atoms in total. The smallest absolute Gasteiger partial charge is 0.416 e. The summed E-state index contributed by atoms with van der Waals surface area (Å²) in [7, 11) is 0. The van der Waals surface area contributed by atoms with Crippen molar-refractivity contribution in [2.75, 3.05) is 11.9 Å². The maximum absolute atomic E-state index is 13.4. The molecule has 1 aliphatic rings. The van der Waals surface area contributed by atoms with Crippen LogP contribution < -0.4 is 10.1 Å². The first-order valence-corrected chi connectivity index (χ1v) is 13.5. The van der Waals surface area contributed by atoms with Crippen LogP contribution in [0, 0.1) is 5.82 Å². The van der Waals surface area contributed by atoms with Crippen molar-refractivity contribution in [1.82, 2.24) is 0 Å². The molecule has 0 radical (unpaired) electrons. The number of unbranched alkanes of at least 4 members (excludes halogenated alkanes) is 1. The van der Waals surface area contributed by atoms with E-state index in [2.05, 4.69) is 5.32 Å². The number of anilines is 1. The van der Waals surface area contributed by atoms with Crippen LogP contribution in [0.3, 0.4) is 0 Å². The van der Waals surface area contributed by atoms with Crippen LogP contribution in [0.5, 0.6) is 5.75 Å². The van der Waals surface area contributed by atoms with Crippen molar-refractivity contribution in [2.45, 2.75) is 76.9 Å². The van der Waals surface area contributed by atoms with Gasteiger partial charge in [-0.2, -0.15) is 26.3 Å². The zero-order valence-corrected chi connectivity index (χ0v) is 23.3. The molecule has 42 heavy (non-hydrogen) atoms. The van der Waals surface area contributed by atoms with Gasteiger partial charge in [-0.1, -0.05) is 25.5 Å². The average Bonchev–Trinajstić information content (AvgIpc) is 2.91. The molecule has 0 bridgehead atoms. The van der Waals surface area contributed by atoms with Gasteiger partial charge in [0.05, 0.1) is 17.7 Å². The van der Waals surface area contributed by atoms with Crippen molar-refractivity contribution in [2.24, 2.45) is 0 Å². The van der Waals surface area contributed by atoms with E-state index in [9.17, 15) is 30.7 Å². The molecule has 1 heterocycles. The number of rotatable bonds is 10. The molecular formula is C31H32F7NO3. The van der Waals surface area contributed by atoms with E-state index < -0.39 is 47.9 Å². The Bertz CT molecular complexity index is 1320. The van der Waals surface area contributed by atoms with Crippen LogP contribution in [0.15, 0.2) is 60.7 Å². The summed E-state index contributed by atoms with van der Waals surface area (Å²) in [6.07, 6.45) is -9.97. The third-order valence-electron chi connectivity index (χ3n) is 6.93. The van der Waals surface area contributed by atoms with Gasteiger partial charge in [-0.25, -0.2) is 4.39 Å². The predicted octanol–water partition coefficient (Wildman–Crippen LogP) is 9.09. The summed E-state index contributed by atoms with van der Waals surface area (Å²) in [5, 5.41) is 3.26. The first-order chi connectivity index (χ1) is 19.7. The van der Waals surface area contributed by atoms with Crippen molar-refractivity contribution < 1.29 is 44.9 Å². The minimum atomic E-state index is -4.97. The molecule has 0 aromatic heterocycles. The molecule has 0 saturated carbocycles. The summed E-state index contributed by atoms with van der Waals surface area (Å²) in [6, 6.07) is 12.8. The van der Waals surface area contributed by atoms with E-state index in [0.29, 0.717) is 42.3 Å². The fourth-order valence-corrected chi connectivity index (χ4v) is 4.76. The lowest BCUT2D eigenvalue weighted by molar-refractivity contribution is -0.168. The fourth-order valence-electron chi connectivity index (χ4n) is 4.76. The maximum atomic E-state index is 13.4. The highest BCUT2D eigenvalue weighted by atomic mass is 19.4. The highest BCUT2D eigenvalue weighted by Crippen LogP contribution is 2.45. The van der Waals surface area contributed by atoms with E-state index in [1.54, 1.807) is 32.0 Å². The van der Waals surface area contributed by atoms with Gasteiger partial charge in [0.25, 0.3) is 0 Å². The Balaban J connectivity index is 1.62. The molecule has 0 fully saturated rings. The lowest BCUT2D eigenvalue weighted by Gasteiger charge is -2.44. The van der Waals surface area contributed by atoms with E-state index in [4.69, 9.17) is 14.2 Å². The number of alkyl halides is 6. The quantitative estimate of drug-likeness (QED) is 0.186. The molecule has 2 atom stereocenters. The van der Waals surface area contributed by atoms with Crippen molar-refractivity contribution in [3.05, 3.63) is 94.3 Å². The van der Waals surface area contributed by atoms with Gasteiger partial charge in [0.1, 0.15) is 29.4 Å². The summed E-state index contributed by atoms with van der Waals surface area (Å²) < 4.78 is 112. The summed E-state index contributed by atoms with van der Waals surface area (Å²) >= 11 is 0. The Morgan fingerprint density at radius 2 is 1.48 bits per heavy atom. The second-order valence-electron chi connectivity index (χ2n) is 10.7. The molecule has 1 N–H and O–H groups in total. The van der Waals surface area contributed by atoms with Crippen LogP contribution in [0.2, 0.25) is 0 Å². The van der Waals surface area contributed by atoms with Gasteiger partial charge in [-0.3, -0.25) is 0 Å². The molecule has 3 aromatic carbocycles. The Morgan fingerprint density at radius 1 is 0.833 bits per heavy atom. The van der Waals surface area contributed by atoms with Gasteiger partial charge in [-0.15, -0.1) is 0 Å². The zero-order chi connectivity index (χ0) is 30.7. The number of benzene rings is 3. The standard InChI is InChI=1S/C31H32F7NO3/c1-4-5-12-40-27-25-16-24(39-17-19-6-8-23(32)9-7-19)10-11-26(25)42-29(2,3)28(27)41-18-20-13-21(30(33,34)35)15-22(14-20)31(36,37)38/h6-11,13-16,27-28,39H,4-5,12,17-18H2,1-3H3. The number of halogens is 7. The number of hydrogen-bond acceptors (Lipinski definition) is 4. The third kappa shape index (κ3) is 7.74. The SMILES string of the molecule is CCCCOC1c2cc(NCc3ccc(F)cc3)ccc2OC(C)(C)C1OCc1cc(C(F)(F)F)cc(C(F)(F)F)c1. The molecular weight excluding hydrogens is 567 g/mol. The van der Waals surface area contributed by atoms with Gasteiger partial charge in [0, 0.05) is 24.4 Å². The van der Waals surface area contributed by atoms with Crippen LogP contribution in [-0.4, -0.2) is 18.3 Å². The predicted molar refractivity (Wildman–Crippen MR) is 143 cm³/mol. The third-order valence-corrected chi connectivity index (χ3v) is 6.93. The Kier molecular flexibility index (Phi) is 9.42. The molecule has 228 valence electrons. The van der Waals surface area contributed by atoms with Crippen molar-refractivity contribution >= 4 is 5.69 Å². The Morgan fingerprint density at radius 3 is 2.07 bits per heavy atom. The highest BCUT2D eigenvalue weighted by Gasteiger charge is 2.46. The Labute approximate surface area is 239 Å². The Hall–Kier alpha value is -3.31. The van der Waals surface area contributed by atoms with Crippen LogP contribution in [0.1, 0.15) is 67.5 Å². The highest BCUT2D eigenvalue weighted by molar-refractivity contribution is 5.54. The summed E-state index contributed by atoms with van der Waals surface area (Å²) in [4.78, 5) is 0. The van der Waals surface area contributed by atoms with Crippen LogP contribution in [0.25, 0.3) is 0 Å². The lowest BCUT2D eigenvalue weighted by Crippen LogP contribution is -2.51. The average molecular weight is 600 g/mol. The first-order valence-electron chi connectivity index (χ1n) is 13.5. The zero-order valence-electron chi connectivity index (χ0n) is 23.3. The van der Waals surface area contributed by atoms with Crippen molar-refractivity contribution in [3.8, 4) is 5.75 Å². The molecule has 4 rings (SSSR count). The topological polar surface area (TPSA) is 39.7 Å². The molecule has 11 heteroatoms. The van der Waals surface area contributed by atoms with Crippen LogP contribution in [0.4, 0.5) is 36.4 Å². The van der Waals surface area contributed by atoms with Gasteiger partial charge >= 0.3 is 12.4 Å². The number of ether oxygens (including phenoxy) is 3. The minimum absolute atomic E-state index is 0.0878. The van der Waals surface area contributed by atoms with Gasteiger partial charge in [0.2, 0.25) is 0 Å². The lowest BCUT2D eigenvalue weighted by atomic mass is 9.87. The summed E-state index contributed by atoms with van der Waals surface area (Å²) in [5.74, 6) is 0.178. The summed E-state index contributed by atoms with van der Waals surface area (Å²) in [6.45, 7) is 5.67. The van der Waals surface area contributed by atoms with Gasteiger partial charge in [0.15, 0.2) is 0 Å². The van der Waals surface area contributed by atoms with Crippen LogP contribution in [-0.2, 0) is 35.0 Å². The van der Waals surface area contributed by atoms with E-state index >= 15 is 0 Å². The largest absolute Gasteiger partial charge is 0.485 e. The molecule has 3 aromatic rings. The summed E-state index contributed by atoms with van der Waals surface area (Å²) in [5.41, 5.74) is -1.96. The van der Waals surface area contributed by atoms with E-state index in [-0.39, 0.29) is 17.4 Å². The van der Waals surface area contributed by atoms with Crippen molar-refractivity contribution in [3.63, 3.8) is 0 Å². The normalized spacial score (nSPS) is 18.3. The van der Waals surface area contributed by atoms with Crippen LogP contribution >= 0.6 is 0 Å². The maximum Gasteiger partial charge on any atom is 0.416 e. The second-order valence-corrected chi connectivity index (χ2v) is 10.7.